The molecule has 0 N–H and O–H groups in total. The molecule has 0 spiro atoms. The van der Waals surface area contributed by atoms with Crippen LogP contribution in [-0.4, -0.2) is 25.2 Å². The molecule has 4 nitrogen and oxygen atoms in total. The van der Waals surface area contributed by atoms with Crippen LogP contribution in [0.5, 0.6) is 0 Å². The summed E-state index contributed by atoms with van der Waals surface area (Å²) in [5, 5.41) is 0. The molecule has 2 rings (SSSR count). The number of hydrogen-bond acceptors (Lipinski definition) is 4. The molecule has 2 atom stereocenters. The van der Waals surface area contributed by atoms with Gasteiger partial charge in [0.05, 0.1) is 25.0 Å². The van der Waals surface area contributed by atoms with E-state index in [0.717, 1.165) is 77.0 Å². The lowest BCUT2D eigenvalue weighted by atomic mass is 9.92. The van der Waals surface area contributed by atoms with Crippen molar-refractivity contribution < 1.29 is 19.1 Å². The zero-order valence-electron chi connectivity index (χ0n) is 19.3. The molecule has 2 heterocycles. The Kier molecular flexibility index (Phi) is 14.0. The fraction of sp³-hybridized carbons (Fsp3) is 0.923. The third-order valence-corrected chi connectivity index (χ3v) is 6.90. The number of hydrogen-bond donors (Lipinski definition) is 0. The zero-order valence-corrected chi connectivity index (χ0v) is 19.3. The highest BCUT2D eigenvalue weighted by Gasteiger charge is 2.21. The Morgan fingerprint density at radius 2 is 0.867 bits per heavy atom. The lowest BCUT2D eigenvalue weighted by Gasteiger charge is -2.16. The molecule has 0 aromatic carbocycles. The summed E-state index contributed by atoms with van der Waals surface area (Å²) in [6.07, 6.45) is 22.7. The van der Waals surface area contributed by atoms with E-state index in [0.29, 0.717) is 13.2 Å². The summed E-state index contributed by atoms with van der Waals surface area (Å²) in [6, 6.07) is 0. The van der Waals surface area contributed by atoms with Crippen LogP contribution < -0.4 is 0 Å². The van der Waals surface area contributed by atoms with Gasteiger partial charge in [-0.05, 0) is 38.5 Å². The summed E-state index contributed by atoms with van der Waals surface area (Å²) in [4.78, 5) is 24.7. The number of ether oxygens (including phenoxy) is 2. The van der Waals surface area contributed by atoms with E-state index in [1.54, 1.807) is 0 Å². The topological polar surface area (TPSA) is 52.6 Å². The number of esters is 2. The van der Waals surface area contributed by atoms with Gasteiger partial charge in [-0.15, -0.1) is 0 Å². The Balaban J connectivity index is 1.62. The van der Waals surface area contributed by atoms with Crippen molar-refractivity contribution in [3.05, 3.63) is 0 Å². The highest BCUT2D eigenvalue weighted by molar-refractivity contribution is 5.72. The summed E-state index contributed by atoms with van der Waals surface area (Å²) < 4.78 is 11.0. The van der Waals surface area contributed by atoms with Crippen LogP contribution in [-0.2, 0) is 19.1 Å². The molecule has 174 valence electrons. The lowest BCUT2D eigenvalue weighted by molar-refractivity contribution is -0.150. The molecule has 2 aliphatic rings. The molecule has 4 heteroatoms. The second-order valence-electron chi connectivity index (χ2n) is 9.54. The number of rotatable bonds is 7. The van der Waals surface area contributed by atoms with E-state index < -0.39 is 0 Å². The molecule has 0 bridgehead atoms. The van der Waals surface area contributed by atoms with Crippen LogP contribution in [0.25, 0.3) is 0 Å². The third-order valence-electron chi connectivity index (χ3n) is 6.90. The van der Waals surface area contributed by atoms with Crippen LogP contribution in [0.1, 0.15) is 128 Å². The number of carbonyl (C=O) groups is 2. The van der Waals surface area contributed by atoms with E-state index in [4.69, 9.17) is 9.47 Å². The van der Waals surface area contributed by atoms with E-state index >= 15 is 0 Å². The Morgan fingerprint density at radius 3 is 1.30 bits per heavy atom. The highest BCUT2D eigenvalue weighted by Crippen LogP contribution is 2.24. The Hall–Kier alpha value is -1.06. The van der Waals surface area contributed by atoms with E-state index in [9.17, 15) is 9.59 Å². The highest BCUT2D eigenvalue weighted by atomic mass is 16.5. The molecule has 0 amide bonds. The molecular formula is C26H46O4. The summed E-state index contributed by atoms with van der Waals surface area (Å²) in [6.45, 7) is 1.21. The second kappa shape index (κ2) is 16.6. The predicted molar refractivity (Wildman–Crippen MR) is 121 cm³/mol. The summed E-state index contributed by atoms with van der Waals surface area (Å²) in [7, 11) is 0. The average Bonchev–Trinajstić information content (AvgIpc) is 2.82. The first-order valence-corrected chi connectivity index (χ1v) is 13.1. The molecular weight excluding hydrogens is 376 g/mol. The number of carbonyl (C=O) groups excluding carboxylic acids is 2. The smallest absolute Gasteiger partial charge is 0.308 e. The van der Waals surface area contributed by atoms with Crippen LogP contribution in [0.4, 0.5) is 0 Å². The molecule has 0 aliphatic carbocycles. The summed E-state index contributed by atoms with van der Waals surface area (Å²) in [5.74, 6) is 0.273. The molecule has 0 radical (unpaired) electrons. The lowest BCUT2D eigenvalue weighted by Crippen LogP contribution is -2.19. The van der Waals surface area contributed by atoms with Gasteiger partial charge in [0, 0.05) is 0 Å². The third kappa shape index (κ3) is 11.4. The molecule has 0 aromatic rings. The SMILES string of the molecule is O=C1OCCCCCCCCC1CCCCCCC1CCCCCCCCOC1=O. The molecule has 0 saturated carbocycles. The van der Waals surface area contributed by atoms with Crippen LogP contribution in [0.15, 0.2) is 0 Å². The average molecular weight is 423 g/mol. The van der Waals surface area contributed by atoms with Crippen LogP contribution >= 0.6 is 0 Å². The minimum atomic E-state index is 0.0390. The van der Waals surface area contributed by atoms with Crippen molar-refractivity contribution in [3.8, 4) is 0 Å². The summed E-state index contributed by atoms with van der Waals surface area (Å²) in [5.41, 5.74) is 0. The zero-order chi connectivity index (χ0) is 21.3. The Labute approximate surface area is 184 Å². The molecule has 0 aromatic heterocycles. The van der Waals surface area contributed by atoms with Crippen LogP contribution in [0, 0.1) is 11.8 Å². The van der Waals surface area contributed by atoms with Gasteiger partial charge < -0.3 is 9.47 Å². The largest absolute Gasteiger partial charge is 0.465 e. The van der Waals surface area contributed by atoms with Crippen LogP contribution in [0.3, 0.4) is 0 Å². The molecule has 30 heavy (non-hydrogen) atoms. The minimum absolute atomic E-state index is 0.0390. The maximum absolute atomic E-state index is 12.4. The maximum atomic E-state index is 12.4. The Morgan fingerprint density at radius 1 is 0.500 bits per heavy atom. The van der Waals surface area contributed by atoms with Crippen molar-refractivity contribution in [1.82, 2.24) is 0 Å². The van der Waals surface area contributed by atoms with E-state index in [-0.39, 0.29) is 23.8 Å². The van der Waals surface area contributed by atoms with Crippen molar-refractivity contribution in [2.45, 2.75) is 128 Å². The van der Waals surface area contributed by atoms with Crippen LogP contribution in [0.2, 0.25) is 0 Å². The molecule has 2 fully saturated rings. The normalized spacial score (nSPS) is 26.0. The van der Waals surface area contributed by atoms with E-state index in [2.05, 4.69) is 0 Å². The Bertz CT molecular complexity index is 420. The first-order valence-electron chi connectivity index (χ1n) is 13.1. The molecule has 2 saturated heterocycles. The van der Waals surface area contributed by atoms with Crippen molar-refractivity contribution in [3.63, 3.8) is 0 Å². The minimum Gasteiger partial charge on any atom is -0.465 e. The van der Waals surface area contributed by atoms with Gasteiger partial charge in [-0.2, -0.15) is 0 Å². The van der Waals surface area contributed by atoms with Gasteiger partial charge >= 0.3 is 11.9 Å². The quantitative estimate of drug-likeness (QED) is 0.323. The van der Waals surface area contributed by atoms with Crippen molar-refractivity contribution in [2.75, 3.05) is 13.2 Å². The number of cyclic esters (lactones) is 2. The molecule has 2 unspecified atom stereocenters. The maximum Gasteiger partial charge on any atom is 0.308 e. The standard InChI is InChI=1S/C26H46O4/c27-25-23(17-11-5-1-3-9-15-21-29-25)19-13-7-8-14-20-24-18-12-6-2-4-10-16-22-30-26(24)28/h23-24H,1-22H2. The van der Waals surface area contributed by atoms with Gasteiger partial charge in [0.2, 0.25) is 0 Å². The summed E-state index contributed by atoms with van der Waals surface area (Å²) >= 11 is 0. The van der Waals surface area contributed by atoms with E-state index in [1.165, 1.54) is 51.4 Å². The van der Waals surface area contributed by atoms with Gasteiger partial charge in [-0.25, -0.2) is 0 Å². The predicted octanol–water partition coefficient (Wildman–Crippen LogP) is 7.13. The monoisotopic (exact) mass is 422 g/mol. The van der Waals surface area contributed by atoms with Gasteiger partial charge in [-0.3, -0.25) is 9.59 Å². The van der Waals surface area contributed by atoms with Gasteiger partial charge in [-0.1, -0.05) is 89.9 Å². The van der Waals surface area contributed by atoms with Crippen molar-refractivity contribution >= 4 is 11.9 Å². The van der Waals surface area contributed by atoms with Crippen molar-refractivity contribution in [2.24, 2.45) is 11.8 Å². The van der Waals surface area contributed by atoms with Gasteiger partial charge in [0.1, 0.15) is 0 Å². The molecule has 2 aliphatic heterocycles. The second-order valence-corrected chi connectivity index (χ2v) is 9.54. The first kappa shape index (κ1) is 25.2. The first-order chi connectivity index (χ1) is 14.8. The van der Waals surface area contributed by atoms with Crippen molar-refractivity contribution in [1.29, 1.82) is 0 Å². The van der Waals surface area contributed by atoms with Gasteiger partial charge in [0.25, 0.3) is 0 Å². The van der Waals surface area contributed by atoms with Gasteiger partial charge in [0.15, 0.2) is 0 Å². The van der Waals surface area contributed by atoms with E-state index in [1.807, 2.05) is 0 Å². The fourth-order valence-corrected chi connectivity index (χ4v) is 4.88. The number of unbranched alkanes of at least 4 members (excludes halogenated alkanes) is 3. The fourth-order valence-electron chi connectivity index (χ4n) is 4.88.